The van der Waals surface area contributed by atoms with Crippen molar-refractivity contribution in [2.45, 2.75) is 25.4 Å². The van der Waals surface area contributed by atoms with Crippen molar-refractivity contribution in [3.05, 3.63) is 46.0 Å². The summed E-state index contributed by atoms with van der Waals surface area (Å²) in [7, 11) is 0. The van der Waals surface area contributed by atoms with Gasteiger partial charge in [0.1, 0.15) is 5.82 Å². The third kappa shape index (κ3) is 3.59. The van der Waals surface area contributed by atoms with E-state index in [2.05, 4.69) is 20.4 Å². The lowest BCUT2D eigenvalue weighted by atomic mass is 10.1. The van der Waals surface area contributed by atoms with Gasteiger partial charge < -0.3 is 5.32 Å². The number of halogens is 2. The number of thioether (sulfide) groups is 1. The topological polar surface area (TPSA) is 72.2 Å². The minimum Gasteiger partial charge on any atom is -0.323 e. The number of carbonyl (C=O) groups excluding carboxylic acids is 1. The molecule has 0 atom stereocenters. The number of rotatable bonds is 4. The van der Waals surface area contributed by atoms with Crippen molar-refractivity contribution < 1.29 is 9.18 Å². The second-order valence-electron chi connectivity index (χ2n) is 5.42. The number of amides is 1. The van der Waals surface area contributed by atoms with E-state index in [1.54, 1.807) is 4.52 Å². The number of hydrogen-bond donors (Lipinski definition) is 1. The minimum absolute atomic E-state index is 0.0527. The number of fused-ring (bicyclic) bond motifs is 1. The molecule has 3 rings (SSSR count). The van der Waals surface area contributed by atoms with Crippen LogP contribution in [-0.2, 0) is 11.2 Å². The van der Waals surface area contributed by atoms with Crippen LogP contribution in [0.2, 0.25) is 5.02 Å². The van der Waals surface area contributed by atoms with Gasteiger partial charge in [0.05, 0.1) is 12.1 Å². The van der Waals surface area contributed by atoms with Crippen molar-refractivity contribution in [3.8, 4) is 0 Å². The second-order valence-corrected chi connectivity index (χ2v) is 6.63. The smallest absolute Gasteiger partial charge is 0.253 e. The summed E-state index contributed by atoms with van der Waals surface area (Å²) < 4.78 is 15.4. The average molecular weight is 380 g/mol. The Balaban J connectivity index is 1.87. The molecular weight excluding hydrogens is 365 g/mol. The molecule has 2 heterocycles. The normalized spacial score (nSPS) is 11.1. The Morgan fingerprint density at radius 3 is 2.80 bits per heavy atom. The van der Waals surface area contributed by atoms with E-state index in [0.717, 1.165) is 17.3 Å². The molecule has 0 aliphatic heterocycles. The monoisotopic (exact) mass is 379 g/mol. The van der Waals surface area contributed by atoms with Crippen LogP contribution in [0.15, 0.2) is 23.4 Å². The fraction of sp³-hybridized carbons (Fsp3) is 0.250. The van der Waals surface area contributed by atoms with Gasteiger partial charge in [-0.1, -0.05) is 23.4 Å². The summed E-state index contributed by atoms with van der Waals surface area (Å²) in [6, 6.07) is 4.10. The molecule has 0 radical (unpaired) electrons. The van der Waals surface area contributed by atoms with Gasteiger partial charge in [-0.3, -0.25) is 4.79 Å². The molecule has 2 aromatic heterocycles. The van der Waals surface area contributed by atoms with Gasteiger partial charge in [-0.15, -0.1) is 5.10 Å². The first-order chi connectivity index (χ1) is 11.9. The molecule has 1 N–H and O–H groups in total. The molecule has 3 aromatic rings. The predicted molar refractivity (Wildman–Crippen MR) is 95.8 cm³/mol. The molecule has 1 amide bonds. The van der Waals surface area contributed by atoms with E-state index in [-0.39, 0.29) is 23.0 Å². The number of nitrogens with one attached hydrogen (secondary N) is 1. The van der Waals surface area contributed by atoms with Crippen LogP contribution < -0.4 is 5.32 Å². The zero-order valence-corrected chi connectivity index (χ0v) is 15.4. The van der Waals surface area contributed by atoms with E-state index in [0.29, 0.717) is 16.6 Å². The van der Waals surface area contributed by atoms with E-state index in [9.17, 15) is 9.18 Å². The molecule has 0 unspecified atom stereocenters. The van der Waals surface area contributed by atoms with Crippen LogP contribution in [0.25, 0.3) is 5.78 Å². The Kier molecular flexibility index (Phi) is 4.91. The average Bonchev–Trinajstić information content (AvgIpc) is 2.97. The first-order valence-corrected chi connectivity index (χ1v) is 9.01. The number of nitrogens with zero attached hydrogens (tertiary/aromatic N) is 4. The van der Waals surface area contributed by atoms with Crippen molar-refractivity contribution in [1.29, 1.82) is 0 Å². The summed E-state index contributed by atoms with van der Waals surface area (Å²) in [6.07, 6.45) is 1.93. The highest BCUT2D eigenvalue weighted by Gasteiger charge is 2.16. The van der Waals surface area contributed by atoms with Crippen LogP contribution in [0.5, 0.6) is 0 Å². The van der Waals surface area contributed by atoms with Gasteiger partial charge in [0, 0.05) is 22.0 Å². The van der Waals surface area contributed by atoms with Crippen LogP contribution in [-0.4, -0.2) is 31.7 Å². The SMILES string of the molecule is CSc1nc2nc(C)c(CC(=O)Nc3ccc(Cl)cc3F)c(C)n2n1. The van der Waals surface area contributed by atoms with E-state index in [4.69, 9.17) is 11.6 Å². The second kappa shape index (κ2) is 6.97. The number of benzene rings is 1. The molecule has 0 saturated carbocycles. The van der Waals surface area contributed by atoms with Crippen LogP contribution in [0, 0.1) is 19.7 Å². The molecule has 9 heteroatoms. The van der Waals surface area contributed by atoms with Crippen molar-refractivity contribution >= 4 is 40.7 Å². The van der Waals surface area contributed by atoms with E-state index >= 15 is 0 Å². The van der Waals surface area contributed by atoms with Crippen molar-refractivity contribution in [2.24, 2.45) is 0 Å². The van der Waals surface area contributed by atoms with Crippen molar-refractivity contribution in [1.82, 2.24) is 19.6 Å². The molecule has 0 fully saturated rings. The molecule has 6 nitrogen and oxygen atoms in total. The van der Waals surface area contributed by atoms with Gasteiger partial charge in [0.25, 0.3) is 5.78 Å². The number of carbonyl (C=O) groups is 1. The van der Waals surface area contributed by atoms with Crippen LogP contribution in [0.4, 0.5) is 10.1 Å². The van der Waals surface area contributed by atoms with Crippen LogP contribution >= 0.6 is 23.4 Å². The molecule has 0 bridgehead atoms. The highest BCUT2D eigenvalue weighted by molar-refractivity contribution is 7.98. The Bertz CT molecular complexity index is 975. The first-order valence-electron chi connectivity index (χ1n) is 7.40. The van der Waals surface area contributed by atoms with E-state index in [1.807, 2.05) is 20.1 Å². The summed E-state index contributed by atoms with van der Waals surface area (Å²) in [5.74, 6) is -0.435. The maximum Gasteiger partial charge on any atom is 0.253 e. The third-order valence-electron chi connectivity index (χ3n) is 3.75. The number of hydrogen-bond acceptors (Lipinski definition) is 5. The summed E-state index contributed by atoms with van der Waals surface area (Å²) in [5, 5.41) is 7.78. The summed E-state index contributed by atoms with van der Waals surface area (Å²) in [6.45, 7) is 3.66. The largest absolute Gasteiger partial charge is 0.323 e. The molecule has 0 aliphatic carbocycles. The molecule has 0 spiro atoms. The minimum atomic E-state index is -0.580. The van der Waals surface area contributed by atoms with Gasteiger partial charge in [-0.25, -0.2) is 13.9 Å². The zero-order chi connectivity index (χ0) is 18.1. The Labute approximate surface area is 152 Å². The highest BCUT2D eigenvalue weighted by atomic mass is 35.5. The maximum atomic E-state index is 13.8. The molecule has 0 aliphatic rings. The van der Waals surface area contributed by atoms with Crippen LogP contribution in [0.1, 0.15) is 17.0 Å². The van der Waals surface area contributed by atoms with Gasteiger partial charge in [0.2, 0.25) is 11.1 Å². The lowest BCUT2D eigenvalue weighted by molar-refractivity contribution is -0.115. The van der Waals surface area contributed by atoms with Crippen molar-refractivity contribution in [3.63, 3.8) is 0 Å². The number of anilines is 1. The summed E-state index contributed by atoms with van der Waals surface area (Å²) >= 11 is 7.13. The van der Waals surface area contributed by atoms with Crippen molar-refractivity contribution in [2.75, 3.05) is 11.6 Å². The van der Waals surface area contributed by atoms with Gasteiger partial charge in [-0.05, 0) is 38.3 Å². The van der Waals surface area contributed by atoms with Gasteiger partial charge in [-0.2, -0.15) is 4.98 Å². The standard InChI is InChI=1S/C16H15ClFN5OS/c1-8-11(9(2)23-15(19-8)21-16(22-23)25-3)7-14(24)20-13-5-4-10(17)6-12(13)18/h4-6H,7H2,1-3H3,(H,20,24). The lowest BCUT2D eigenvalue weighted by Crippen LogP contribution is -2.18. The van der Waals surface area contributed by atoms with Crippen LogP contribution in [0.3, 0.4) is 0 Å². The van der Waals surface area contributed by atoms with Gasteiger partial charge >= 0.3 is 0 Å². The fourth-order valence-electron chi connectivity index (χ4n) is 2.48. The maximum absolute atomic E-state index is 13.8. The Morgan fingerprint density at radius 2 is 2.12 bits per heavy atom. The Hall–Kier alpha value is -2.19. The molecule has 25 heavy (non-hydrogen) atoms. The quantitative estimate of drug-likeness (QED) is 0.703. The van der Waals surface area contributed by atoms with Gasteiger partial charge in [0.15, 0.2) is 0 Å². The highest BCUT2D eigenvalue weighted by Crippen LogP contribution is 2.20. The number of aryl methyl sites for hydroxylation is 2. The number of aromatic nitrogens is 4. The molecule has 130 valence electrons. The first kappa shape index (κ1) is 17.6. The van der Waals surface area contributed by atoms with E-state index in [1.165, 1.54) is 23.9 Å². The summed E-state index contributed by atoms with van der Waals surface area (Å²) in [5.41, 5.74) is 2.29. The summed E-state index contributed by atoms with van der Waals surface area (Å²) in [4.78, 5) is 21.0. The third-order valence-corrected chi connectivity index (χ3v) is 4.53. The molecular formula is C16H15ClFN5OS. The van der Waals surface area contributed by atoms with E-state index < -0.39 is 5.82 Å². The zero-order valence-electron chi connectivity index (χ0n) is 13.8. The predicted octanol–water partition coefficient (Wildman–Crippen LogP) is 3.44. The lowest BCUT2D eigenvalue weighted by Gasteiger charge is -2.11. The molecule has 0 saturated heterocycles. The molecule has 1 aromatic carbocycles. The Morgan fingerprint density at radius 1 is 1.36 bits per heavy atom. The fourth-order valence-corrected chi connectivity index (χ4v) is 2.97.